The lowest BCUT2D eigenvalue weighted by molar-refractivity contribution is 0.0436. The first-order valence-electron chi connectivity index (χ1n) is 11.1. The van der Waals surface area contributed by atoms with Crippen LogP contribution in [0.25, 0.3) is 38.6 Å². The van der Waals surface area contributed by atoms with Crippen LogP contribution in [-0.2, 0) is 4.74 Å². The van der Waals surface area contributed by atoms with Crippen LogP contribution in [0.5, 0.6) is 17.2 Å². The zero-order valence-corrected chi connectivity index (χ0v) is 18.9. The van der Waals surface area contributed by atoms with E-state index in [1.807, 2.05) is 12.1 Å². The molecule has 33 heavy (non-hydrogen) atoms. The molecule has 0 radical (unpaired) electrons. The molecule has 2 heterocycles. The number of benzene rings is 3. The quantitative estimate of drug-likeness (QED) is 0.295. The molecule has 4 aromatic rings. The van der Waals surface area contributed by atoms with Crippen LogP contribution in [0.2, 0.25) is 0 Å². The topological polar surface area (TPSA) is 78.1 Å². The Morgan fingerprint density at radius 1 is 1.06 bits per heavy atom. The van der Waals surface area contributed by atoms with Crippen LogP contribution in [-0.4, -0.2) is 25.4 Å². The summed E-state index contributed by atoms with van der Waals surface area (Å²) in [4.78, 5) is 13.2. The lowest BCUT2D eigenvalue weighted by Gasteiger charge is -2.19. The molecule has 5 rings (SSSR count). The lowest BCUT2D eigenvalue weighted by Crippen LogP contribution is -2.06. The van der Waals surface area contributed by atoms with E-state index in [1.165, 1.54) is 0 Å². The van der Waals surface area contributed by atoms with Gasteiger partial charge in [0.1, 0.15) is 22.8 Å². The SMILES string of the molecule is C=Cc1cc(OC)c2c(c1)c(=O)oc1c2cc(OC)c2c(O)ccc(C3CCC(CC)O3)c21. The zero-order chi connectivity index (χ0) is 23.3. The molecule has 1 N–H and O–H groups in total. The fourth-order valence-electron chi connectivity index (χ4n) is 4.96. The number of hydrogen-bond acceptors (Lipinski definition) is 6. The van der Waals surface area contributed by atoms with Crippen molar-refractivity contribution in [1.29, 1.82) is 0 Å². The Hall–Kier alpha value is -3.51. The second kappa shape index (κ2) is 8.12. The minimum Gasteiger partial charge on any atom is -0.507 e. The van der Waals surface area contributed by atoms with E-state index >= 15 is 0 Å². The van der Waals surface area contributed by atoms with Crippen LogP contribution in [0.1, 0.15) is 43.4 Å². The van der Waals surface area contributed by atoms with Crippen molar-refractivity contribution in [3.05, 3.63) is 58.5 Å². The molecule has 0 aliphatic carbocycles. The molecule has 1 aliphatic rings. The summed E-state index contributed by atoms with van der Waals surface area (Å²) in [6, 6.07) is 8.85. The Bertz CT molecular complexity index is 1470. The van der Waals surface area contributed by atoms with Gasteiger partial charge in [-0.2, -0.15) is 0 Å². The summed E-state index contributed by atoms with van der Waals surface area (Å²) in [5.74, 6) is 1.06. The summed E-state index contributed by atoms with van der Waals surface area (Å²) in [6.07, 6.45) is 4.40. The molecule has 6 nitrogen and oxygen atoms in total. The van der Waals surface area contributed by atoms with E-state index in [-0.39, 0.29) is 18.0 Å². The van der Waals surface area contributed by atoms with E-state index in [4.69, 9.17) is 18.6 Å². The highest BCUT2D eigenvalue weighted by Gasteiger charge is 2.29. The molecule has 1 aliphatic heterocycles. The van der Waals surface area contributed by atoms with E-state index in [1.54, 1.807) is 38.5 Å². The molecule has 0 saturated carbocycles. The number of rotatable bonds is 5. The number of ether oxygens (including phenoxy) is 3. The average Bonchev–Trinajstić information content (AvgIpc) is 3.32. The van der Waals surface area contributed by atoms with Gasteiger partial charge in [0.25, 0.3) is 0 Å². The third-order valence-electron chi connectivity index (χ3n) is 6.60. The van der Waals surface area contributed by atoms with Crippen LogP contribution in [0, 0.1) is 0 Å². The van der Waals surface area contributed by atoms with Gasteiger partial charge in [0.15, 0.2) is 0 Å². The first-order chi connectivity index (χ1) is 16.0. The normalized spacial score (nSPS) is 18.3. The average molecular weight is 446 g/mol. The van der Waals surface area contributed by atoms with Crippen LogP contribution in [0.15, 0.2) is 46.1 Å². The molecule has 0 bridgehead atoms. The van der Waals surface area contributed by atoms with E-state index in [0.29, 0.717) is 44.0 Å². The fraction of sp³-hybridized carbons (Fsp3) is 0.296. The summed E-state index contributed by atoms with van der Waals surface area (Å²) in [5, 5.41) is 13.6. The van der Waals surface area contributed by atoms with Gasteiger partial charge in [-0.3, -0.25) is 0 Å². The Balaban J connectivity index is 1.97. The Morgan fingerprint density at radius 2 is 1.82 bits per heavy atom. The van der Waals surface area contributed by atoms with Gasteiger partial charge < -0.3 is 23.7 Å². The highest BCUT2D eigenvalue weighted by atomic mass is 16.5. The van der Waals surface area contributed by atoms with Crippen molar-refractivity contribution in [3.63, 3.8) is 0 Å². The molecule has 1 aromatic heterocycles. The van der Waals surface area contributed by atoms with Crippen molar-refractivity contribution in [3.8, 4) is 17.2 Å². The third-order valence-corrected chi connectivity index (χ3v) is 6.60. The standard InChI is InChI=1S/C27H26O6/c1-5-14-11-18-23(21(12-14)30-3)17-13-22(31-4)25-19(28)9-8-16(20-10-7-15(6-2)32-20)24(25)26(17)33-27(18)29/h5,8-9,11-13,15,20,28H,1,6-7,10H2,2-4H3. The Kier molecular flexibility index (Phi) is 5.25. The molecule has 3 aromatic carbocycles. The summed E-state index contributed by atoms with van der Waals surface area (Å²) in [7, 11) is 3.12. The van der Waals surface area contributed by atoms with E-state index in [0.717, 1.165) is 30.4 Å². The molecule has 2 atom stereocenters. The molecular formula is C27H26O6. The third kappa shape index (κ3) is 3.25. The number of aromatic hydroxyl groups is 1. The van der Waals surface area contributed by atoms with Gasteiger partial charge in [0, 0.05) is 16.2 Å². The maximum absolute atomic E-state index is 13.2. The van der Waals surface area contributed by atoms with E-state index in [9.17, 15) is 9.90 Å². The number of methoxy groups -OCH3 is 2. The highest BCUT2D eigenvalue weighted by molar-refractivity contribution is 6.19. The van der Waals surface area contributed by atoms with Crippen molar-refractivity contribution in [2.24, 2.45) is 0 Å². The molecule has 1 fully saturated rings. The number of phenols is 1. The molecule has 2 unspecified atom stereocenters. The maximum Gasteiger partial charge on any atom is 0.344 e. The van der Waals surface area contributed by atoms with E-state index in [2.05, 4.69) is 13.5 Å². The smallest absolute Gasteiger partial charge is 0.344 e. The minimum atomic E-state index is -0.487. The first-order valence-corrected chi connectivity index (χ1v) is 11.1. The van der Waals surface area contributed by atoms with Gasteiger partial charge in [0.2, 0.25) is 0 Å². The van der Waals surface area contributed by atoms with Gasteiger partial charge in [0.05, 0.1) is 37.2 Å². The number of phenolic OH excluding ortho intramolecular Hbond substituents is 1. The second-order valence-corrected chi connectivity index (χ2v) is 8.35. The monoisotopic (exact) mass is 446 g/mol. The summed E-state index contributed by atoms with van der Waals surface area (Å²) in [6.45, 7) is 5.91. The zero-order valence-electron chi connectivity index (χ0n) is 18.9. The summed E-state index contributed by atoms with van der Waals surface area (Å²) in [5.41, 5.74) is 1.51. The summed E-state index contributed by atoms with van der Waals surface area (Å²) < 4.78 is 23.6. The van der Waals surface area contributed by atoms with Gasteiger partial charge in [-0.15, -0.1) is 0 Å². The first kappa shape index (κ1) is 21.3. The fourth-order valence-corrected chi connectivity index (χ4v) is 4.96. The predicted octanol–water partition coefficient (Wildman–Crippen LogP) is 6.10. The molecule has 170 valence electrons. The Morgan fingerprint density at radius 3 is 2.48 bits per heavy atom. The van der Waals surface area contributed by atoms with Gasteiger partial charge >= 0.3 is 5.63 Å². The number of hydrogen-bond donors (Lipinski definition) is 1. The minimum absolute atomic E-state index is 0.0502. The predicted molar refractivity (Wildman–Crippen MR) is 129 cm³/mol. The van der Waals surface area contributed by atoms with Gasteiger partial charge in [-0.25, -0.2) is 4.79 Å². The molecule has 0 spiro atoms. The molecule has 6 heteroatoms. The van der Waals surface area contributed by atoms with Gasteiger partial charge in [-0.05, 0) is 54.7 Å². The van der Waals surface area contributed by atoms with Crippen molar-refractivity contribution in [1.82, 2.24) is 0 Å². The Labute approximate surface area is 191 Å². The van der Waals surface area contributed by atoms with Crippen LogP contribution in [0.3, 0.4) is 0 Å². The van der Waals surface area contributed by atoms with E-state index < -0.39 is 5.63 Å². The lowest BCUT2D eigenvalue weighted by atomic mass is 9.93. The van der Waals surface area contributed by atoms with Crippen LogP contribution < -0.4 is 15.1 Å². The largest absolute Gasteiger partial charge is 0.507 e. The maximum atomic E-state index is 13.2. The van der Waals surface area contributed by atoms with Gasteiger partial charge in [-0.1, -0.05) is 25.6 Å². The number of fused-ring (bicyclic) bond motifs is 5. The second-order valence-electron chi connectivity index (χ2n) is 8.35. The molecule has 1 saturated heterocycles. The highest BCUT2D eigenvalue weighted by Crippen LogP contribution is 2.47. The van der Waals surface area contributed by atoms with Crippen molar-refractivity contribution in [2.75, 3.05) is 14.2 Å². The molecule has 0 amide bonds. The van der Waals surface area contributed by atoms with Crippen LogP contribution >= 0.6 is 0 Å². The summed E-state index contributed by atoms with van der Waals surface area (Å²) >= 11 is 0. The van der Waals surface area contributed by atoms with Crippen molar-refractivity contribution < 1.29 is 23.7 Å². The van der Waals surface area contributed by atoms with Crippen molar-refractivity contribution in [2.45, 2.75) is 38.4 Å². The molecular weight excluding hydrogens is 420 g/mol. The van der Waals surface area contributed by atoms with Crippen LogP contribution in [0.4, 0.5) is 0 Å². The van der Waals surface area contributed by atoms with Crippen molar-refractivity contribution >= 4 is 38.6 Å².